The fourth-order valence-electron chi connectivity index (χ4n) is 2.64. The topological polar surface area (TPSA) is 107 Å². The molecule has 0 fully saturated rings. The molecule has 0 aliphatic heterocycles. The highest BCUT2D eigenvalue weighted by Crippen LogP contribution is 2.36. The largest absolute Gasteiger partial charge is 0.478 e. The van der Waals surface area contributed by atoms with Gasteiger partial charge in [-0.15, -0.1) is 11.3 Å². The Morgan fingerprint density at radius 1 is 1.19 bits per heavy atom. The van der Waals surface area contributed by atoms with Gasteiger partial charge in [0.15, 0.2) is 5.16 Å². The third kappa shape index (κ3) is 3.27. The van der Waals surface area contributed by atoms with Crippen molar-refractivity contribution in [1.29, 1.82) is 0 Å². The van der Waals surface area contributed by atoms with Crippen LogP contribution < -0.4 is 10.5 Å². The predicted molar refractivity (Wildman–Crippen MR) is 100 cm³/mol. The molecule has 3 N–H and O–H groups in total. The number of fused-ring (bicyclic) bond motifs is 1. The molecule has 2 heterocycles. The van der Waals surface area contributed by atoms with Crippen molar-refractivity contribution in [1.82, 2.24) is 5.16 Å². The summed E-state index contributed by atoms with van der Waals surface area (Å²) < 4.78 is 4.74. The van der Waals surface area contributed by atoms with Crippen molar-refractivity contribution in [2.45, 2.75) is 0 Å². The third-order valence-corrected chi connectivity index (χ3v) is 5.09. The molecule has 7 nitrogen and oxygen atoms in total. The normalized spacial score (nSPS) is 10.9. The van der Waals surface area contributed by atoms with Gasteiger partial charge in [0, 0.05) is 27.6 Å². The van der Waals surface area contributed by atoms with E-state index in [1.807, 2.05) is 0 Å². The summed E-state index contributed by atoms with van der Waals surface area (Å²) in [5.41, 5.74) is 2.73. The smallest absolute Gasteiger partial charge is 0.339 e. The number of carboxylic acid groups (broad SMARTS) is 1. The summed E-state index contributed by atoms with van der Waals surface area (Å²) in [7, 11) is 0. The fourth-order valence-corrected chi connectivity index (χ4v) is 3.72. The highest BCUT2D eigenvalue weighted by molar-refractivity contribution is 7.15. The number of carbonyl (C=O) groups is 2. The Morgan fingerprint density at radius 3 is 2.70 bits per heavy atom. The van der Waals surface area contributed by atoms with Gasteiger partial charge in [0.25, 0.3) is 11.4 Å². The maximum atomic E-state index is 12.6. The van der Waals surface area contributed by atoms with Gasteiger partial charge >= 0.3 is 5.97 Å². The van der Waals surface area contributed by atoms with Crippen molar-refractivity contribution < 1.29 is 24.5 Å². The molecule has 0 saturated carbocycles. The number of anilines is 1. The van der Waals surface area contributed by atoms with E-state index in [1.165, 1.54) is 0 Å². The molecule has 0 atom stereocenters. The van der Waals surface area contributed by atoms with Crippen LogP contribution in [-0.2, 0) is 0 Å². The van der Waals surface area contributed by atoms with E-state index < -0.39 is 11.9 Å². The van der Waals surface area contributed by atoms with Crippen molar-refractivity contribution >= 4 is 50.8 Å². The Labute approximate surface area is 161 Å². The van der Waals surface area contributed by atoms with Crippen molar-refractivity contribution in [2.24, 2.45) is 0 Å². The molecule has 4 aromatic rings. The Kier molecular flexibility index (Phi) is 4.35. The number of aromatic amines is 1. The lowest BCUT2D eigenvalue weighted by atomic mass is 10.0. The van der Waals surface area contributed by atoms with Gasteiger partial charge in [-0.25, -0.2) is 4.79 Å². The zero-order valence-corrected chi connectivity index (χ0v) is 15.1. The van der Waals surface area contributed by atoms with Crippen LogP contribution in [-0.4, -0.2) is 22.1 Å². The number of aromatic carboxylic acids is 1. The molecular formula is C18H11ClN3O4S+. The van der Waals surface area contributed by atoms with Gasteiger partial charge in [-0.3, -0.25) is 4.79 Å². The summed E-state index contributed by atoms with van der Waals surface area (Å²) in [5, 5.41) is 21.2. The lowest BCUT2D eigenvalue weighted by Gasteiger charge is -2.06. The van der Waals surface area contributed by atoms with Crippen molar-refractivity contribution in [2.75, 3.05) is 5.32 Å². The lowest BCUT2D eigenvalue weighted by Crippen LogP contribution is -2.13. The molecule has 4 rings (SSSR count). The van der Waals surface area contributed by atoms with Gasteiger partial charge in [-0.2, -0.15) is 0 Å². The quantitative estimate of drug-likeness (QED) is 0.539. The zero-order valence-electron chi connectivity index (χ0n) is 13.5. The Morgan fingerprint density at radius 2 is 1.96 bits per heavy atom. The van der Waals surface area contributed by atoms with Gasteiger partial charge in [0.2, 0.25) is 5.52 Å². The molecule has 2 aromatic heterocycles. The summed E-state index contributed by atoms with van der Waals surface area (Å²) in [5.74, 6) is -1.56. The first kappa shape index (κ1) is 17.2. The average molecular weight is 401 g/mol. The number of nitrogens with one attached hydrogen (secondary N) is 2. The van der Waals surface area contributed by atoms with Crippen LogP contribution in [0.4, 0.5) is 5.00 Å². The molecule has 27 heavy (non-hydrogen) atoms. The van der Waals surface area contributed by atoms with Crippen molar-refractivity contribution in [3.63, 3.8) is 0 Å². The number of halogens is 1. The van der Waals surface area contributed by atoms with E-state index in [9.17, 15) is 14.7 Å². The number of aromatic nitrogens is 2. The molecule has 0 spiro atoms. The number of hydrogen-bond donors (Lipinski definition) is 2. The van der Waals surface area contributed by atoms with Crippen LogP contribution in [0.25, 0.3) is 22.2 Å². The first-order chi connectivity index (χ1) is 13.0. The first-order valence-electron chi connectivity index (χ1n) is 7.72. The van der Waals surface area contributed by atoms with Gasteiger partial charge in [0.05, 0.1) is 0 Å². The minimum Gasteiger partial charge on any atom is -0.478 e. The number of carbonyl (C=O) groups excluding carboxylic acids is 1. The number of hydrogen-bond acceptors (Lipinski definition) is 5. The second-order valence-electron chi connectivity index (χ2n) is 5.64. The van der Waals surface area contributed by atoms with E-state index in [2.05, 4.69) is 15.6 Å². The number of thiophene rings is 1. The van der Waals surface area contributed by atoms with Gasteiger partial charge in [0.1, 0.15) is 10.6 Å². The van der Waals surface area contributed by atoms with Gasteiger partial charge < -0.3 is 10.4 Å². The summed E-state index contributed by atoms with van der Waals surface area (Å²) in [4.78, 5) is 24.4. The number of benzene rings is 2. The average Bonchev–Trinajstić information content (AvgIpc) is 3.28. The number of H-pyrrole nitrogens is 1. The standard InChI is InChI=1S/C18H10ClN3O4S/c19-11-4-1-9(2-5-11)12-8-27-17(15(12)18(24)25)20-16(23)10-3-6-13-14(7-10)22-26-21-13/h1-8H,(H,20,23)(H,24,25)/p+1. The van der Waals surface area contributed by atoms with Crippen LogP contribution in [0.15, 0.2) is 52.5 Å². The SMILES string of the molecule is O=C(Nc1scc(-c2ccc(Cl)cc2)c1C(=O)O)c1ccc2[nH+]onc2c1. The Bertz CT molecular complexity index is 1170. The van der Waals surface area contributed by atoms with E-state index in [0.717, 1.165) is 11.3 Å². The van der Waals surface area contributed by atoms with Crippen LogP contribution >= 0.6 is 22.9 Å². The molecular weight excluding hydrogens is 390 g/mol. The third-order valence-electron chi connectivity index (χ3n) is 3.95. The van der Waals surface area contributed by atoms with E-state index in [0.29, 0.717) is 32.7 Å². The molecule has 0 aliphatic carbocycles. The highest BCUT2D eigenvalue weighted by Gasteiger charge is 2.22. The minimum atomic E-state index is -1.13. The maximum absolute atomic E-state index is 12.6. The van der Waals surface area contributed by atoms with E-state index in [4.69, 9.17) is 16.2 Å². The van der Waals surface area contributed by atoms with Crippen LogP contribution in [0.5, 0.6) is 0 Å². The summed E-state index contributed by atoms with van der Waals surface area (Å²) >= 11 is 7.04. The molecule has 0 bridgehead atoms. The molecule has 134 valence electrons. The number of amides is 1. The number of nitrogens with zero attached hydrogens (tertiary/aromatic N) is 1. The molecule has 0 saturated heterocycles. The van der Waals surface area contributed by atoms with Gasteiger partial charge in [-0.05, 0) is 29.8 Å². The zero-order chi connectivity index (χ0) is 19.0. The summed E-state index contributed by atoms with van der Waals surface area (Å²) in [6.45, 7) is 0. The highest BCUT2D eigenvalue weighted by atomic mass is 35.5. The van der Waals surface area contributed by atoms with E-state index in [-0.39, 0.29) is 10.6 Å². The predicted octanol–water partition coefficient (Wildman–Crippen LogP) is 3.97. The second kappa shape index (κ2) is 6.82. The Balaban J connectivity index is 1.68. The molecule has 0 unspecified atom stereocenters. The van der Waals surface area contributed by atoms with Gasteiger partial charge in [-0.1, -0.05) is 33.5 Å². The van der Waals surface area contributed by atoms with E-state index >= 15 is 0 Å². The van der Waals surface area contributed by atoms with E-state index in [1.54, 1.807) is 47.8 Å². The summed E-state index contributed by atoms with van der Waals surface area (Å²) in [6.07, 6.45) is 0. The first-order valence-corrected chi connectivity index (χ1v) is 8.98. The van der Waals surface area contributed by atoms with Crippen molar-refractivity contribution in [3.05, 3.63) is 64.0 Å². The van der Waals surface area contributed by atoms with Crippen LogP contribution in [0, 0.1) is 0 Å². The maximum Gasteiger partial charge on any atom is 0.339 e. The molecule has 9 heteroatoms. The minimum absolute atomic E-state index is 0.0338. The van der Waals surface area contributed by atoms with Crippen LogP contribution in [0.1, 0.15) is 20.7 Å². The monoisotopic (exact) mass is 400 g/mol. The molecule has 0 radical (unpaired) electrons. The van der Waals surface area contributed by atoms with Crippen molar-refractivity contribution in [3.8, 4) is 11.1 Å². The molecule has 0 aliphatic rings. The van der Waals surface area contributed by atoms with Crippen LogP contribution in [0.2, 0.25) is 5.02 Å². The van der Waals surface area contributed by atoms with Crippen LogP contribution in [0.3, 0.4) is 0 Å². The molecule has 1 amide bonds. The number of carboxylic acids is 1. The second-order valence-corrected chi connectivity index (χ2v) is 6.95. The number of rotatable bonds is 4. The Hall–Kier alpha value is -3.23. The molecule has 2 aromatic carbocycles. The fraction of sp³-hybridized carbons (Fsp3) is 0. The summed E-state index contributed by atoms with van der Waals surface area (Å²) in [6, 6.07) is 11.6. The lowest BCUT2D eigenvalue weighted by molar-refractivity contribution is -0.601.